The molecule has 2 aliphatic heterocycles. The van der Waals surface area contributed by atoms with E-state index in [-0.39, 0.29) is 5.92 Å². The van der Waals surface area contributed by atoms with Crippen molar-refractivity contribution in [2.75, 3.05) is 31.1 Å². The van der Waals surface area contributed by atoms with Gasteiger partial charge in [0.05, 0.1) is 0 Å². The normalized spacial score (nSPS) is 21.2. The van der Waals surface area contributed by atoms with Gasteiger partial charge < -0.3 is 9.80 Å². The van der Waals surface area contributed by atoms with Crippen molar-refractivity contribution in [3.8, 4) is 0 Å². The van der Waals surface area contributed by atoms with Gasteiger partial charge in [-0.2, -0.15) is 0 Å². The maximum absolute atomic E-state index is 12.6. The zero-order chi connectivity index (χ0) is 15.5. The fourth-order valence-electron chi connectivity index (χ4n) is 3.55. The van der Waals surface area contributed by atoms with E-state index in [1.807, 2.05) is 13.0 Å². The first kappa shape index (κ1) is 15.3. The van der Waals surface area contributed by atoms with Crippen molar-refractivity contribution in [3.05, 3.63) is 23.9 Å². The van der Waals surface area contributed by atoms with Gasteiger partial charge in [0.2, 0.25) is 5.91 Å². The van der Waals surface area contributed by atoms with Gasteiger partial charge in [0.25, 0.3) is 0 Å². The summed E-state index contributed by atoms with van der Waals surface area (Å²) in [4.78, 5) is 21.7. The van der Waals surface area contributed by atoms with Crippen LogP contribution < -0.4 is 4.90 Å². The Hall–Kier alpha value is -1.58. The number of hydrogen-bond donors (Lipinski definition) is 0. The van der Waals surface area contributed by atoms with Gasteiger partial charge in [-0.1, -0.05) is 13.0 Å². The molecule has 0 N–H and O–H groups in total. The summed E-state index contributed by atoms with van der Waals surface area (Å²) in [6.45, 7) is 8.11. The molecule has 2 aliphatic rings. The molecule has 0 atom stereocenters. The van der Waals surface area contributed by atoms with E-state index >= 15 is 0 Å². The van der Waals surface area contributed by atoms with Crippen molar-refractivity contribution >= 4 is 11.7 Å². The van der Waals surface area contributed by atoms with Crippen LogP contribution in [-0.2, 0) is 4.79 Å². The maximum atomic E-state index is 12.6. The highest BCUT2D eigenvalue weighted by Gasteiger charge is 2.30. The van der Waals surface area contributed by atoms with Crippen molar-refractivity contribution < 1.29 is 4.79 Å². The number of amides is 1. The molecule has 1 amide bonds. The summed E-state index contributed by atoms with van der Waals surface area (Å²) in [5, 5.41) is 0. The number of nitrogens with zero attached hydrogens (tertiary/aromatic N) is 3. The van der Waals surface area contributed by atoms with Gasteiger partial charge in [0.15, 0.2) is 0 Å². The third-order valence-electron chi connectivity index (χ3n) is 5.14. The lowest BCUT2D eigenvalue weighted by Gasteiger charge is -2.37. The van der Waals surface area contributed by atoms with E-state index < -0.39 is 0 Å². The SMILES string of the molecule is Cc1cccc(N2CCC(C(=O)N3CCC(C)CC3)CC2)n1. The van der Waals surface area contributed by atoms with Crippen LogP contribution in [0.2, 0.25) is 0 Å². The predicted molar refractivity (Wildman–Crippen MR) is 88.9 cm³/mol. The largest absolute Gasteiger partial charge is 0.357 e. The van der Waals surface area contributed by atoms with E-state index in [4.69, 9.17) is 0 Å². The Bertz CT molecular complexity index is 515. The molecule has 1 aromatic rings. The first-order chi connectivity index (χ1) is 10.6. The Morgan fingerprint density at radius 1 is 1.09 bits per heavy atom. The second-order valence-corrected chi connectivity index (χ2v) is 6.91. The van der Waals surface area contributed by atoms with Gasteiger partial charge in [0, 0.05) is 37.8 Å². The molecule has 2 fully saturated rings. The van der Waals surface area contributed by atoms with Gasteiger partial charge in [-0.05, 0) is 50.7 Å². The lowest BCUT2D eigenvalue weighted by Crippen LogP contribution is -2.45. The minimum Gasteiger partial charge on any atom is -0.357 e. The Kier molecular flexibility index (Phi) is 4.65. The van der Waals surface area contributed by atoms with Crippen LogP contribution in [0.25, 0.3) is 0 Å². The van der Waals surface area contributed by atoms with Crippen LogP contribution in [-0.4, -0.2) is 42.0 Å². The summed E-state index contributed by atoms with van der Waals surface area (Å²) in [6.07, 6.45) is 4.25. The molecule has 0 unspecified atom stereocenters. The number of aromatic nitrogens is 1. The smallest absolute Gasteiger partial charge is 0.225 e. The van der Waals surface area contributed by atoms with Crippen LogP contribution in [0, 0.1) is 18.8 Å². The molecule has 0 aliphatic carbocycles. The highest BCUT2D eigenvalue weighted by atomic mass is 16.2. The zero-order valence-electron chi connectivity index (χ0n) is 13.8. The number of aryl methyl sites for hydroxylation is 1. The molecule has 22 heavy (non-hydrogen) atoms. The lowest BCUT2D eigenvalue weighted by atomic mass is 9.92. The van der Waals surface area contributed by atoms with Crippen molar-refractivity contribution in [2.24, 2.45) is 11.8 Å². The van der Waals surface area contributed by atoms with E-state index in [9.17, 15) is 4.79 Å². The zero-order valence-corrected chi connectivity index (χ0v) is 13.8. The third kappa shape index (κ3) is 3.42. The standard InChI is InChI=1S/C18H27N3O/c1-14-6-10-21(11-7-14)18(22)16-8-12-20(13-9-16)17-5-3-4-15(2)19-17/h3-5,14,16H,6-13H2,1-2H3. The first-order valence-electron chi connectivity index (χ1n) is 8.61. The van der Waals surface area contributed by atoms with Gasteiger partial charge >= 0.3 is 0 Å². The van der Waals surface area contributed by atoms with E-state index in [0.717, 1.165) is 69.3 Å². The fraction of sp³-hybridized carbons (Fsp3) is 0.667. The molecule has 3 heterocycles. The molecule has 2 saturated heterocycles. The minimum absolute atomic E-state index is 0.217. The molecule has 4 nitrogen and oxygen atoms in total. The molecular formula is C18H27N3O. The Labute approximate surface area is 133 Å². The average Bonchev–Trinajstić information content (AvgIpc) is 2.55. The van der Waals surface area contributed by atoms with Crippen LogP contribution in [0.15, 0.2) is 18.2 Å². The molecule has 0 saturated carbocycles. The van der Waals surface area contributed by atoms with E-state index in [0.29, 0.717) is 5.91 Å². The van der Waals surface area contributed by atoms with Crippen molar-refractivity contribution in [1.29, 1.82) is 0 Å². The van der Waals surface area contributed by atoms with Gasteiger partial charge in [-0.15, -0.1) is 0 Å². The lowest BCUT2D eigenvalue weighted by molar-refractivity contribution is -0.137. The summed E-state index contributed by atoms with van der Waals surface area (Å²) in [6, 6.07) is 6.15. The van der Waals surface area contributed by atoms with E-state index in [2.05, 4.69) is 33.8 Å². The van der Waals surface area contributed by atoms with Crippen LogP contribution >= 0.6 is 0 Å². The topological polar surface area (TPSA) is 36.4 Å². The predicted octanol–water partition coefficient (Wildman–Crippen LogP) is 2.86. The van der Waals surface area contributed by atoms with Gasteiger partial charge in [-0.25, -0.2) is 4.98 Å². The number of likely N-dealkylation sites (tertiary alicyclic amines) is 1. The summed E-state index contributed by atoms with van der Waals surface area (Å²) in [7, 11) is 0. The molecule has 120 valence electrons. The molecule has 0 bridgehead atoms. The van der Waals surface area contributed by atoms with Crippen LogP contribution in [0.5, 0.6) is 0 Å². The number of anilines is 1. The molecule has 4 heteroatoms. The molecule has 3 rings (SSSR count). The first-order valence-corrected chi connectivity index (χ1v) is 8.61. The second kappa shape index (κ2) is 6.67. The van der Waals surface area contributed by atoms with Gasteiger partial charge in [-0.3, -0.25) is 4.79 Å². The summed E-state index contributed by atoms with van der Waals surface area (Å²) < 4.78 is 0. The van der Waals surface area contributed by atoms with Gasteiger partial charge in [0.1, 0.15) is 5.82 Å². The fourth-order valence-corrected chi connectivity index (χ4v) is 3.55. The average molecular weight is 301 g/mol. The second-order valence-electron chi connectivity index (χ2n) is 6.91. The molecule has 0 spiro atoms. The quantitative estimate of drug-likeness (QED) is 0.843. The van der Waals surface area contributed by atoms with Crippen LogP contribution in [0.4, 0.5) is 5.82 Å². The number of pyridine rings is 1. The van der Waals surface area contributed by atoms with E-state index in [1.165, 1.54) is 0 Å². The number of hydrogen-bond acceptors (Lipinski definition) is 3. The van der Waals surface area contributed by atoms with Crippen molar-refractivity contribution in [1.82, 2.24) is 9.88 Å². The Balaban J connectivity index is 1.54. The molecule has 1 aromatic heterocycles. The summed E-state index contributed by atoms with van der Waals surface area (Å²) in [5.41, 5.74) is 1.05. The third-order valence-corrected chi connectivity index (χ3v) is 5.14. The summed E-state index contributed by atoms with van der Waals surface area (Å²) in [5.74, 6) is 2.44. The van der Waals surface area contributed by atoms with E-state index in [1.54, 1.807) is 0 Å². The maximum Gasteiger partial charge on any atom is 0.225 e. The monoisotopic (exact) mass is 301 g/mol. The molecular weight excluding hydrogens is 274 g/mol. The Morgan fingerprint density at radius 2 is 1.77 bits per heavy atom. The summed E-state index contributed by atoms with van der Waals surface area (Å²) >= 11 is 0. The van der Waals surface area contributed by atoms with Crippen molar-refractivity contribution in [2.45, 2.75) is 39.5 Å². The Morgan fingerprint density at radius 3 is 2.41 bits per heavy atom. The number of piperidine rings is 2. The molecule has 0 aromatic carbocycles. The van der Waals surface area contributed by atoms with Crippen LogP contribution in [0.1, 0.15) is 38.3 Å². The molecule has 0 radical (unpaired) electrons. The number of carbonyl (C=O) groups excluding carboxylic acids is 1. The van der Waals surface area contributed by atoms with Crippen LogP contribution in [0.3, 0.4) is 0 Å². The highest BCUT2D eigenvalue weighted by Crippen LogP contribution is 2.25. The minimum atomic E-state index is 0.217. The number of carbonyl (C=O) groups is 1. The highest BCUT2D eigenvalue weighted by molar-refractivity contribution is 5.79. The number of rotatable bonds is 2. The van der Waals surface area contributed by atoms with Crippen molar-refractivity contribution in [3.63, 3.8) is 0 Å².